The van der Waals surface area contributed by atoms with E-state index in [2.05, 4.69) is 21.5 Å². The van der Waals surface area contributed by atoms with Gasteiger partial charge in [-0.1, -0.05) is 23.4 Å². The van der Waals surface area contributed by atoms with E-state index in [9.17, 15) is 0 Å². The van der Waals surface area contributed by atoms with E-state index in [4.69, 9.17) is 9.26 Å². The molecule has 0 amide bonds. The van der Waals surface area contributed by atoms with E-state index in [1.165, 1.54) is 18.4 Å². The van der Waals surface area contributed by atoms with Crippen molar-refractivity contribution in [2.45, 2.75) is 31.7 Å². The second-order valence-electron chi connectivity index (χ2n) is 5.94. The Bertz CT molecular complexity index is 621. The summed E-state index contributed by atoms with van der Waals surface area (Å²) in [4.78, 5) is 4.50. The molecule has 110 valence electrons. The summed E-state index contributed by atoms with van der Waals surface area (Å²) in [6.45, 7) is 2.33. The molecule has 0 radical (unpaired) electrons. The number of ether oxygens (including phenoxy) is 1. The van der Waals surface area contributed by atoms with Crippen LogP contribution in [-0.2, 0) is 13.0 Å². The molecule has 1 aliphatic carbocycles. The maximum atomic E-state index is 5.78. The molecule has 0 bridgehead atoms. The molecule has 4 rings (SSSR count). The van der Waals surface area contributed by atoms with E-state index in [-0.39, 0.29) is 5.92 Å². The van der Waals surface area contributed by atoms with Gasteiger partial charge in [0.2, 0.25) is 5.89 Å². The van der Waals surface area contributed by atoms with Crippen molar-refractivity contribution in [2.24, 2.45) is 5.92 Å². The summed E-state index contributed by atoms with van der Waals surface area (Å²) in [6.07, 6.45) is 3.60. The third-order valence-corrected chi connectivity index (χ3v) is 4.13. The van der Waals surface area contributed by atoms with Crippen LogP contribution in [0.25, 0.3) is 0 Å². The van der Waals surface area contributed by atoms with Crippen molar-refractivity contribution in [3.63, 3.8) is 0 Å². The molecule has 1 atom stereocenters. The first-order valence-electron chi connectivity index (χ1n) is 7.62. The highest BCUT2D eigenvalue weighted by Gasteiger charge is 2.25. The molecule has 1 aromatic carbocycles. The van der Waals surface area contributed by atoms with Gasteiger partial charge in [-0.15, -0.1) is 0 Å². The van der Waals surface area contributed by atoms with Crippen LogP contribution < -0.4 is 10.1 Å². The fourth-order valence-electron chi connectivity index (χ4n) is 2.70. The van der Waals surface area contributed by atoms with Crippen molar-refractivity contribution in [2.75, 3.05) is 13.2 Å². The highest BCUT2D eigenvalue weighted by atomic mass is 16.5. The Morgan fingerprint density at radius 1 is 1.24 bits per heavy atom. The Hall–Kier alpha value is -1.88. The number of benzene rings is 1. The highest BCUT2D eigenvalue weighted by molar-refractivity contribution is 5.36. The molecule has 1 N–H and O–H groups in total. The Morgan fingerprint density at radius 3 is 3.05 bits per heavy atom. The van der Waals surface area contributed by atoms with Crippen molar-refractivity contribution >= 4 is 0 Å². The van der Waals surface area contributed by atoms with Gasteiger partial charge in [0.05, 0.1) is 19.1 Å². The van der Waals surface area contributed by atoms with Gasteiger partial charge in [0.1, 0.15) is 5.75 Å². The van der Waals surface area contributed by atoms with Gasteiger partial charge >= 0.3 is 0 Å². The lowest BCUT2D eigenvalue weighted by Crippen LogP contribution is -2.20. The third-order valence-electron chi connectivity index (χ3n) is 4.13. The summed E-state index contributed by atoms with van der Waals surface area (Å²) in [5.41, 5.74) is 1.21. The van der Waals surface area contributed by atoms with E-state index in [0.717, 1.165) is 30.5 Å². The average Bonchev–Trinajstić information content (AvgIpc) is 3.23. The number of hydrogen-bond acceptors (Lipinski definition) is 5. The molecule has 1 aliphatic heterocycles. The van der Waals surface area contributed by atoms with Gasteiger partial charge in [-0.2, -0.15) is 4.98 Å². The number of para-hydroxylation sites is 1. The molecular formula is C16H19N3O2. The number of rotatable bonds is 5. The zero-order chi connectivity index (χ0) is 14.1. The van der Waals surface area contributed by atoms with Crippen LogP contribution in [0.4, 0.5) is 0 Å². The zero-order valence-electron chi connectivity index (χ0n) is 11.9. The summed E-state index contributed by atoms with van der Waals surface area (Å²) in [5, 5.41) is 7.49. The maximum absolute atomic E-state index is 5.78. The van der Waals surface area contributed by atoms with E-state index < -0.39 is 0 Å². The standard InChI is InChI=1S/C16H19N3O2/c1-2-4-14-12(3-1)7-13(10-20-14)16-18-15(21-19-16)9-17-8-11-5-6-11/h1-4,11,13,17H,5-10H2. The van der Waals surface area contributed by atoms with Gasteiger partial charge in [-0.05, 0) is 43.4 Å². The summed E-state index contributed by atoms with van der Waals surface area (Å²) < 4.78 is 11.1. The first-order valence-corrected chi connectivity index (χ1v) is 7.62. The molecular weight excluding hydrogens is 266 g/mol. The van der Waals surface area contributed by atoms with Crippen LogP contribution in [0.3, 0.4) is 0 Å². The highest BCUT2D eigenvalue weighted by Crippen LogP contribution is 2.31. The normalized spacial score (nSPS) is 20.9. The molecule has 5 nitrogen and oxygen atoms in total. The van der Waals surface area contributed by atoms with E-state index in [1.807, 2.05) is 18.2 Å². The van der Waals surface area contributed by atoms with Gasteiger partial charge < -0.3 is 14.6 Å². The van der Waals surface area contributed by atoms with Crippen molar-refractivity contribution in [1.82, 2.24) is 15.5 Å². The van der Waals surface area contributed by atoms with Crippen molar-refractivity contribution in [1.29, 1.82) is 0 Å². The third kappa shape index (κ3) is 2.93. The summed E-state index contributed by atoms with van der Waals surface area (Å²) in [7, 11) is 0. The number of nitrogens with one attached hydrogen (secondary N) is 1. The lowest BCUT2D eigenvalue weighted by Gasteiger charge is -2.22. The minimum atomic E-state index is 0.181. The fourth-order valence-corrected chi connectivity index (χ4v) is 2.70. The lowest BCUT2D eigenvalue weighted by molar-refractivity contribution is 0.253. The molecule has 0 saturated heterocycles. The fraction of sp³-hybridized carbons (Fsp3) is 0.500. The van der Waals surface area contributed by atoms with Crippen LogP contribution in [0.15, 0.2) is 28.8 Å². The van der Waals surface area contributed by atoms with Crippen LogP contribution in [0, 0.1) is 5.92 Å². The van der Waals surface area contributed by atoms with Gasteiger partial charge in [-0.25, -0.2) is 0 Å². The molecule has 1 aromatic heterocycles. The van der Waals surface area contributed by atoms with Crippen LogP contribution in [0.2, 0.25) is 0 Å². The smallest absolute Gasteiger partial charge is 0.240 e. The summed E-state index contributed by atoms with van der Waals surface area (Å²) >= 11 is 0. The first kappa shape index (κ1) is 12.8. The SMILES string of the molecule is c1ccc2c(c1)CC(c1noc(CNCC3CC3)n1)CO2. The van der Waals surface area contributed by atoms with Gasteiger partial charge in [0, 0.05) is 0 Å². The van der Waals surface area contributed by atoms with Crippen molar-refractivity contribution in [3.8, 4) is 5.75 Å². The summed E-state index contributed by atoms with van der Waals surface area (Å²) in [6, 6.07) is 8.14. The van der Waals surface area contributed by atoms with Gasteiger partial charge in [0.25, 0.3) is 0 Å². The molecule has 2 heterocycles. The molecule has 5 heteroatoms. The van der Waals surface area contributed by atoms with E-state index in [1.54, 1.807) is 0 Å². The van der Waals surface area contributed by atoms with Crippen LogP contribution in [0.5, 0.6) is 5.75 Å². The van der Waals surface area contributed by atoms with Gasteiger partial charge in [0.15, 0.2) is 5.82 Å². The molecule has 0 spiro atoms. The van der Waals surface area contributed by atoms with Crippen molar-refractivity contribution in [3.05, 3.63) is 41.5 Å². The minimum Gasteiger partial charge on any atom is -0.493 e. The van der Waals surface area contributed by atoms with Crippen LogP contribution in [0.1, 0.15) is 36.0 Å². The number of hydrogen-bond donors (Lipinski definition) is 1. The second kappa shape index (κ2) is 5.48. The Morgan fingerprint density at radius 2 is 2.14 bits per heavy atom. The van der Waals surface area contributed by atoms with E-state index in [0.29, 0.717) is 19.0 Å². The molecule has 21 heavy (non-hydrogen) atoms. The largest absolute Gasteiger partial charge is 0.493 e. The predicted molar refractivity (Wildman–Crippen MR) is 77.1 cm³/mol. The van der Waals surface area contributed by atoms with Crippen LogP contribution in [-0.4, -0.2) is 23.3 Å². The van der Waals surface area contributed by atoms with Crippen molar-refractivity contribution < 1.29 is 9.26 Å². The second-order valence-corrected chi connectivity index (χ2v) is 5.94. The zero-order valence-corrected chi connectivity index (χ0v) is 11.9. The minimum absolute atomic E-state index is 0.181. The first-order chi connectivity index (χ1) is 10.4. The lowest BCUT2D eigenvalue weighted by atomic mass is 9.96. The van der Waals surface area contributed by atoms with E-state index >= 15 is 0 Å². The molecule has 2 aliphatic rings. The maximum Gasteiger partial charge on any atom is 0.240 e. The Labute approximate surface area is 123 Å². The summed E-state index contributed by atoms with van der Waals surface area (Å²) in [5.74, 6) is 3.44. The quantitative estimate of drug-likeness (QED) is 0.913. The predicted octanol–water partition coefficient (Wildman–Crippen LogP) is 2.29. The molecule has 1 saturated carbocycles. The molecule has 2 aromatic rings. The number of nitrogens with zero attached hydrogens (tertiary/aromatic N) is 2. The Kier molecular flexibility index (Phi) is 3.35. The molecule has 1 unspecified atom stereocenters. The molecule has 1 fully saturated rings. The number of fused-ring (bicyclic) bond motifs is 1. The number of aromatic nitrogens is 2. The average molecular weight is 285 g/mol. The Balaban J connectivity index is 1.39. The van der Waals surface area contributed by atoms with Crippen LogP contribution >= 0.6 is 0 Å². The topological polar surface area (TPSA) is 60.2 Å². The van der Waals surface area contributed by atoms with Gasteiger partial charge in [-0.3, -0.25) is 0 Å². The monoisotopic (exact) mass is 285 g/mol.